The Kier molecular flexibility index (Phi) is 4.50. The Morgan fingerprint density at radius 3 is 2.59 bits per heavy atom. The summed E-state index contributed by atoms with van der Waals surface area (Å²) in [6.45, 7) is 0. The molecule has 27 heavy (non-hydrogen) atoms. The van der Waals surface area contributed by atoms with Gasteiger partial charge in [-0.1, -0.05) is 18.2 Å². The van der Waals surface area contributed by atoms with Gasteiger partial charge in [-0.05, 0) is 54.8 Å². The zero-order valence-corrected chi connectivity index (χ0v) is 15.1. The Morgan fingerprint density at radius 2 is 1.85 bits per heavy atom. The second-order valence-electron chi connectivity index (χ2n) is 6.86. The highest BCUT2D eigenvalue weighted by molar-refractivity contribution is 6.07. The molecule has 3 aromatic rings. The number of anilines is 1. The molecule has 1 aliphatic rings. The first-order chi connectivity index (χ1) is 13.1. The van der Waals surface area contributed by atoms with Crippen molar-refractivity contribution in [1.82, 2.24) is 9.88 Å². The van der Waals surface area contributed by atoms with Crippen molar-refractivity contribution in [3.8, 4) is 0 Å². The lowest BCUT2D eigenvalue weighted by Gasteiger charge is -2.05. The third-order valence-corrected chi connectivity index (χ3v) is 4.70. The number of aromatic nitrogens is 1. The van der Waals surface area contributed by atoms with Crippen LogP contribution in [0.2, 0.25) is 0 Å². The predicted octanol–water partition coefficient (Wildman–Crippen LogP) is 3.72. The maximum absolute atomic E-state index is 12.3. The molecule has 2 aromatic carbocycles. The normalized spacial score (nSPS) is 13.8. The van der Waals surface area contributed by atoms with Gasteiger partial charge in [-0.15, -0.1) is 0 Å². The summed E-state index contributed by atoms with van der Waals surface area (Å²) in [5.41, 5.74) is 3.36. The number of nitrogens with one attached hydrogen (secondary N) is 2. The highest BCUT2D eigenvalue weighted by Crippen LogP contribution is 2.24. The van der Waals surface area contributed by atoms with Crippen molar-refractivity contribution in [3.05, 3.63) is 71.9 Å². The van der Waals surface area contributed by atoms with Crippen LogP contribution in [0.4, 0.5) is 5.69 Å². The molecule has 2 amide bonds. The number of carbonyl (C=O) groups is 2. The zero-order valence-electron chi connectivity index (χ0n) is 15.1. The number of rotatable bonds is 5. The Balaban J connectivity index is 1.41. The minimum absolute atomic E-state index is 0.0401. The van der Waals surface area contributed by atoms with Crippen LogP contribution in [0.3, 0.4) is 0 Å². The minimum atomic E-state index is -0.193. The van der Waals surface area contributed by atoms with Gasteiger partial charge in [0, 0.05) is 41.8 Å². The van der Waals surface area contributed by atoms with Crippen molar-refractivity contribution >= 4 is 34.5 Å². The van der Waals surface area contributed by atoms with E-state index in [-0.39, 0.29) is 11.8 Å². The molecule has 0 radical (unpaired) electrons. The first-order valence-corrected chi connectivity index (χ1v) is 9.04. The van der Waals surface area contributed by atoms with E-state index < -0.39 is 0 Å². The van der Waals surface area contributed by atoms with Crippen LogP contribution in [-0.2, 0) is 11.8 Å². The molecule has 2 N–H and O–H groups in total. The molecule has 0 unspecified atom stereocenters. The molecule has 1 aromatic heterocycles. The largest absolute Gasteiger partial charge is 0.350 e. The Labute approximate surface area is 157 Å². The number of benzene rings is 2. The topological polar surface area (TPSA) is 63.1 Å². The molecule has 0 saturated heterocycles. The van der Waals surface area contributed by atoms with Crippen molar-refractivity contribution in [3.63, 3.8) is 0 Å². The fourth-order valence-electron chi connectivity index (χ4n) is 3.00. The Morgan fingerprint density at radius 1 is 1.07 bits per heavy atom. The fraction of sp³-hybridized carbons (Fsp3) is 0.182. The van der Waals surface area contributed by atoms with Crippen molar-refractivity contribution < 1.29 is 9.59 Å². The van der Waals surface area contributed by atoms with Crippen LogP contribution >= 0.6 is 0 Å². The van der Waals surface area contributed by atoms with Crippen LogP contribution in [0.15, 0.2) is 60.8 Å². The average molecular weight is 359 g/mol. The lowest BCUT2D eigenvalue weighted by molar-refractivity contribution is -0.111. The molecule has 0 aliphatic heterocycles. The third kappa shape index (κ3) is 3.92. The van der Waals surface area contributed by atoms with E-state index in [1.165, 1.54) is 6.08 Å². The van der Waals surface area contributed by atoms with Gasteiger partial charge in [0.15, 0.2) is 0 Å². The predicted molar refractivity (Wildman–Crippen MR) is 108 cm³/mol. The van der Waals surface area contributed by atoms with E-state index in [4.69, 9.17) is 0 Å². The number of aryl methyl sites for hydroxylation is 1. The number of carbonyl (C=O) groups excluding carboxylic acids is 2. The smallest absolute Gasteiger partial charge is 0.251 e. The van der Waals surface area contributed by atoms with Gasteiger partial charge in [0.2, 0.25) is 5.91 Å². The number of hydrogen-bond acceptors (Lipinski definition) is 2. The molecule has 0 spiro atoms. The maximum atomic E-state index is 12.3. The van der Waals surface area contributed by atoms with Gasteiger partial charge in [-0.25, -0.2) is 0 Å². The first-order valence-electron chi connectivity index (χ1n) is 9.04. The van der Waals surface area contributed by atoms with Crippen LogP contribution in [0.1, 0.15) is 28.8 Å². The molecule has 0 bridgehead atoms. The quantitative estimate of drug-likeness (QED) is 0.682. The molecule has 136 valence electrons. The van der Waals surface area contributed by atoms with E-state index >= 15 is 0 Å². The van der Waals surface area contributed by atoms with Crippen molar-refractivity contribution in [2.75, 3.05) is 5.32 Å². The molecular weight excluding hydrogens is 338 g/mol. The van der Waals surface area contributed by atoms with Crippen LogP contribution < -0.4 is 10.6 Å². The van der Waals surface area contributed by atoms with Gasteiger partial charge in [0.05, 0.1) is 5.69 Å². The number of nitrogens with zero attached hydrogens (tertiary/aromatic N) is 1. The summed E-state index contributed by atoms with van der Waals surface area (Å²) in [6.07, 6.45) is 7.35. The summed E-state index contributed by atoms with van der Waals surface area (Å²) in [5, 5.41) is 6.89. The van der Waals surface area contributed by atoms with E-state index in [0.717, 1.165) is 35.0 Å². The van der Waals surface area contributed by atoms with E-state index in [0.29, 0.717) is 11.6 Å². The van der Waals surface area contributed by atoms with E-state index in [2.05, 4.69) is 10.6 Å². The van der Waals surface area contributed by atoms with Gasteiger partial charge < -0.3 is 15.2 Å². The van der Waals surface area contributed by atoms with E-state index in [1.807, 2.05) is 54.2 Å². The molecule has 1 aliphatic carbocycles. The van der Waals surface area contributed by atoms with Crippen molar-refractivity contribution in [2.45, 2.75) is 18.9 Å². The highest BCUT2D eigenvalue weighted by Gasteiger charge is 2.23. The molecule has 4 rings (SSSR count). The van der Waals surface area contributed by atoms with Crippen LogP contribution in [0.5, 0.6) is 0 Å². The summed E-state index contributed by atoms with van der Waals surface area (Å²) in [4.78, 5) is 24.3. The minimum Gasteiger partial charge on any atom is -0.350 e. The summed E-state index contributed by atoms with van der Waals surface area (Å²) in [5.74, 6) is -0.233. The second kappa shape index (κ2) is 7.11. The number of fused-ring (bicyclic) bond motifs is 1. The summed E-state index contributed by atoms with van der Waals surface area (Å²) >= 11 is 0. The van der Waals surface area contributed by atoms with Gasteiger partial charge in [-0.3, -0.25) is 9.59 Å². The first kappa shape index (κ1) is 17.1. The zero-order chi connectivity index (χ0) is 18.8. The average Bonchev–Trinajstić information content (AvgIpc) is 3.41. The fourth-order valence-corrected chi connectivity index (χ4v) is 3.00. The van der Waals surface area contributed by atoms with E-state index in [9.17, 15) is 9.59 Å². The molecular formula is C22H21N3O2. The van der Waals surface area contributed by atoms with Gasteiger partial charge in [0.25, 0.3) is 5.91 Å². The Hall–Kier alpha value is -3.34. The molecule has 5 heteroatoms. The van der Waals surface area contributed by atoms with E-state index in [1.54, 1.807) is 18.2 Å². The van der Waals surface area contributed by atoms with Gasteiger partial charge in [-0.2, -0.15) is 0 Å². The SMILES string of the molecule is Cn1ccc2c(NC(=O)/C=C/c3ccc(C(=O)NC4CC4)cc3)cccc21. The number of hydrogen-bond donors (Lipinski definition) is 2. The molecule has 1 heterocycles. The summed E-state index contributed by atoms with van der Waals surface area (Å²) < 4.78 is 2.02. The highest BCUT2D eigenvalue weighted by atomic mass is 16.2. The second-order valence-corrected chi connectivity index (χ2v) is 6.86. The van der Waals surface area contributed by atoms with Crippen LogP contribution in [-0.4, -0.2) is 22.4 Å². The number of amides is 2. The molecule has 1 saturated carbocycles. The standard InChI is InChI=1S/C22H21N3O2/c1-25-14-13-18-19(3-2-4-20(18)25)24-21(26)12-7-15-5-8-16(9-6-15)22(27)23-17-10-11-17/h2-9,12-14,17H,10-11H2,1H3,(H,23,27)(H,24,26)/b12-7+. The third-order valence-electron chi connectivity index (χ3n) is 4.70. The van der Waals surface area contributed by atoms with Crippen LogP contribution in [0.25, 0.3) is 17.0 Å². The van der Waals surface area contributed by atoms with Crippen molar-refractivity contribution in [2.24, 2.45) is 7.05 Å². The van der Waals surface area contributed by atoms with Crippen LogP contribution in [0, 0.1) is 0 Å². The molecule has 5 nitrogen and oxygen atoms in total. The van der Waals surface area contributed by atoms with Gasteiger partial charge in [0.1, 0.15) is 0 Å². The van der Waals surface area contributed by atoms with Crippen molar-refractivity contribution in [1.29, 1.82) is 0 Å². The molecule has 0 atom stereocenters. The monoisotopic (exact) mass is 359 g/mol. The summed E-state index contributed by atoms with van der Waals surface area (Å²) in [6, 6.07) is 15.4. The molecule has 1 fully saturated rings. The Bertz CT molecular complexity index is 1030. The van der Waals surface area contributed by atoms with Gasteiger partial charge >= 0.3 is 0 Å². The lowest BCUT2D eigenvalue weighted by atomic mass is 10.1. The summed E-state index contributed by atoms with van der Waals surface area (Å²) in [7, 11) is 1.97. The lowest BCUT2D eigenvalue weighted by Crippen LogP contribution is -2.25. The maximum Gasteiger partial charge on any atom is 0.251 e.